The van der Waals surface area contributed by atoms with E-state index in [2.05, 4.69) is 21.7 Å². The minimum absolute atomic E-state index is 0. The fourth-order valence-electron chi connectivity index (χ4n) is 3.26. The van der Waals surface area contributed by atoms with E-state index in [1.54, 1.807) is 19.1 Å². The number of hydrogen-bond acceptors (Lipinski definition) is 2. The molecule has 0 atom stereocenters. The lowest BCUT2D eigenvalue weighted by molar-refractivity contribution is 0.0954. The van der Waals surface area contributed by atoms with Crippen LogP contribution in [-0.4, -0.2) is 25.0 Å². The molecule has 0 heterocycles. The van der Waals surface area contributed by atoms with Crippen LogP contribution in [0.3, 0.4) is 0 Å². The molecule has 0 saturated heterocycles. The maximum Gasteiger partial charge on any atom is 0.251 e. The van der Waals surface area contributed by atoms with Crippen molar-refractivity contribution in [3.63, 3.8) is 0 Å². The fourth-order valence-corrected chi connectivity index (χ4v) is 3.26. The Labute approximate surface area is 182 Å². The first-order chi connectivity index (χ1) is 13.0. The molecule has 7 heteroatoms. The summed E-state index contributed by atoms with van der Waals surface area (Å²) in [6, 6.07) is 10.6. The van der Waals surface area contributed by atoms with Gasteiger partial charge in [0, 0.05) is 17.8 Å². The smallest absolute Gasteiger partial charge is 0.251 e. The molecule has 1 amide bonds. The van der Waals surface area contributed by atoms with E-state index in [1.807, 2.05) is 12.1 Å². The third kappa shape index (κ3) is 5.67. The molecule has 0 unspecified atom stereocenters. The second-order valence-electron chi connectivity index (χ2n) is 6.76. The lowest BCUT2D eigenvalue weighted by atomic mass is 9.90. The predicted molar refractivity (Wildman–Crippen MR) is 122 cm³/mol. The number of aliphatic imine (C=N–C) groups is 1. The van der Waals surface area contributed by atoms with Gasteiger partial charge in [0.15, 0.2) is 5.96 Å². The van der Waals surface area contributed by atoms with E-state index >= 15 is 0 Å². The van der Waals surface area contributed by atoms with Crippen molar-refractivity contribution in [3.05, 3.63) is 64.5 Å². The molecule has 0 spiro atoms. The number of hydrogen-bond donors (Lipinski definition) is 3. The van der Waals surface area contributed by atoms with Crippen LogP contribution < -0.4 is 16.4 Å². The third-order valence-electron chi connectivity index (χ3n) is 4.77. The average Bonchev–Trinajstić information content (AvgIpc) is 2.67. The summed E-state index contributed by atoms with van der Waals surface area (Å²) in [6.45, 7) is 2.32. The minimum Gasteiger partial charge on any atom is -0.370 e. The average molecular weight is 496 g/mol. The molecule has 4 N–H and O–H groups in total. The number of nitrogens with one attached hydrogen (secondary N) is 2. The molecule has 150 valence electrons. The van der Waals surface area contributed by atoms with E-state index in [4.69, 9.17) is 5.73 Å². The third-order valence-corrected chi connectivity index (χ3v) is 4.77. The number of nitrogens with two attached hydrogens (primary N) is 1. The number of amides is 1. The lowest BCUT2D eigenvalue weighted by Gasteiger charge is -2.19. The first-order valence-electron chi connectivity index (χ1n) is 9.26. The second kappa shape index (κ2) is 10.4. The molecule has 2 aromatic carbocycles. The van der Waals surface area contributed by atoms with E-state index in [9.17, 15) is 9.18 Å². The van der Waals surface area contributed by atoms with Crippen molar-refractivity contribution in [2.75, 3.05) is 18.4 Å². The molecule has 0 radical (unpaired) electrons. The fraction of sp³-hybridized carbons (Fsp3) is 0.333. The summed E-state index contributed by atoms with van der Waals surface area (Å²) >= 11 is 0. The van der Waals surface area contributed by atoms with Gasteiger partial charge in [-0.2, -0.15) is 0 Å². The SMILES string of the molecule is Cc1ccc(C(=O)NCCN=C(N)Nc2cccc3c2CCCC3)cc1F.I. The second-order valence-corrected chi connectivity index (χ2v) is 6.76. The molecular formula is C21H26FIN4O. The zero-order valence-corrected chi connectivity index (χ0v) is 18.3. The first kappa shape index (κ1) is 22.1. The monoisotopic (exact) mass is 496 g/mol. The van der Waals surface area contributed by atoms with Crippen molar-refractivity contribution in [2.45, 2.75) is 32.6 Å². The number of halogens is 2. The molecule has 0 bridgehead atoms. The van der Waals surface area contributed by atoms with Crippen molar-refractivity contribution in [1.82, 2.24) is 5.32 Å². The highest BCUT2D eigenvalue weighted by Gasteiger charge is 2.13. The van der Waals surface area contributed by atoms with Gasteiger partial charge in [-0.25, -0.2) is 4.39 Å². The molecular weight excluding hydrogens is 470 g/mol. The predicted octanol–water partition coefficient (Wildman–Crippen LogP) is 3.79. The van der Waals surface area contributed by atoms with Gasteiger partial charge in [0.2, 0.25) is 0 Å². The Morgan fingerprint density at radius 2 is 2.00 bits per heavy atom. The highest BCUT2D eigenvalue weighted by Crippen LogP contribution is 2.27. The number of aryl methyl sites for hydroxylation is 2. The van der Waals surface area contributed by atoms with Crippen LogP contribution in [0.25, 0.3) is 0 Å². The van der Waals surface area contributed by atoms with Crippen LogP contribution in [0, 0.1) is 12.7 Å². The van der Waals surface area contributed by atoms with Gasteiger partial charge in [0.1, 0.15) is 5.82 Å². The molecule has 2 aromatic rings. The number of anilines is 1. The summed E-state index contributed by atoms with van der Waals surface area (Å²) in [5.74, 6) is -0.391. The van der Waals surface area contributed by atoms with Crippen LogP contribution in [0.4, 0.5) is 10.1 Å². The Balaban J connectivity index is 0.00000280. The van der Waals surface area contributed by atoms with E-state index in [1.165, 1.54) is 30.0 Å². The van der Waals surface area contributed by atoms with Crippen LogP contribution in [0.15, 0.2) is 41.4 Å². The molecule has 1 aliphatic rings. The van der Waals surface area contributed by atoms with E-state index in [-0.39, 0.29) is 35.7 Å². The van der Waals surface area contributed by atoms with E-state index in [0.29, 0.717) is 30.2 Å². The van der Waals surface area contributed by atoms with Gasteiger partial charge in [0.05, 0.1) is 6.54 Å². The zero-order chi connectivity index (χ0) is 19.2. The van der Waals surface area contributed by atoms with Gasteiger partial charge in [-0.1, -0.05) is 18.2 Å². The molecule has 0 fully saturated rings. The van der Waals surface area contributed by atoms with Crippen LogP contribution in [0.2, 0.25) is 0 Å². The summed E-state index contributed by atoms with van der Waals surface area (Å²) in [5.41, 5.74) is 10.5. The Morgan fingerprint density at radius 1 is 1.21 bits per heavy atom. The maximum absolute atomic E-state index is 13.5. The summed E-state index contributed by atoms with van der Waals surface area (Å²) in [4.78, 5) is 16.3. The van der Waals surface area contributed by atoms with Gasteiger partial charge in [0.25, 0.3) is 5.91 Å². The molecule has 28 heavy (non-hydrogen) atoms. The summed E-state index contributed by atoms with van der Waals surface area (Å²) < 4.78 is 13.5. The van der Waals surface area contributed by atoms with Gasteiger partial charge >= 0.3 is 0 Å². The molecule has 0 aromatic heterocycles. The number of rotatable bonds is 5. The Morgan fingerprint density at radius 3 is 2.79 bits per heavy atom. The van der Waals surface area contributed by atoms with Crippen LogP contribution >= 0.6 is 24.0 Å². The molecule has 1 aliphatic carbocycles. The topological polar surface area (TPSA) is 79.5 Å². The summed E-state index contributed by atoms with van der Waals surface area (Å²) in [7, 11) is 0. The van der Waals surface area contributed by atoms with Crippen LogP contribution in [-0.2, 0) is 12.8 Å². The van der Waals surface area contributed by atoms with E-state index < -0.39 is 0 Å². The zero-order valence-electron chi connectivity index (χ0n) is 15.9. The Hall–Kier alpha value is -2.16. The highest BCUT2D eigenvalue weighted by atomic mass is 127. The van der Waals surface area contributed by atoms with Crippen LogP contribution in [0.5, 0.6) is 0 Å². The number of fused-ring (bicyclic) bond motifs is 1. The number of benzene rings is 2. The number of carbonyl (C=O) groups is 1. The van der Waals surface area contributed by atoms with Crippen molar-refractivity contribution in [3.8, 4) is 0 Å². The van der Waals surface area contributed by atoms with Gasteiger partial charge in [-0.05, 0) is 67.5 Å². The maximum atomic E-state index is 13.5. The lowest BCUT2D eigenvalue weighted by Crippen LogP contribution is -2.29. The summed E-state index contributed by atoms with van der Waals surface area (Å²) in [5, 5.41) is 5.89. The molecule has 3 rings (SSSR count). The number of guanidine groups is 1. The van der Waals surface area contributed by atoms with Crippen molar-refractivity contribution in [1.29, 1.82) is 0 Å². The Bertz CT molecular complexity index is 869. The van der Waals surface area contributed by atoms with Crippen LogP contribution in [0.1, 0.15) is 39.9 Å². The Kier molecular flexibility index (Phi) is 8.22. The normalized spacial score (nSPS) is 13.3. The molecule has 0 aliphatic heterocycles. The van der Waals surface area contributed by atoms with Crippen molar-refractivity contribution < 1.29 is 9.18 Å². The largest absolute Gasteiger partial charge is 0.370 e. The minimum atomic E-state index is -0.389. The van der Waals surface area contributed by atoms with Gasteiger partial charge in [-0.15, -0.1) is 24.0 Å². The van der Waals surface area contributed by atoms with Gasteiger partial charge in [-0.3, -0.25) is 9.79 Å². The van der Waals surface area contributed by atoms with Gasteiger partial charge < -0.3 is 16.4 Å². The first-order valence-corrected chi connectivity index (χ1v) is 9.26. The highest BCUT2D eigenvalue weighted by molar-refractivity contribution is 14.0. The summed E-state index contributed by atoms with van der Waals surface area (Å²) in [6.07, 6.45) is 4.57. The van der Waals surface area contributed by atoms with E-state index in [0.717, 1.165) is 18.5 Å². The number of nitrogens with zero attached hydrogens (tertiary/aromatic N) is 1. The van der Waals surface area contributed by atoms with Crippen molar-refractivity contribution in [2.24, 2.45) is 10.7 Å². The molecule has 5 nitrogen and oxygen atoms in total. The quantitative estimate of drug-likeness (QED) is 0.255. The molecule has 0 saturated carbocycles. The standard InChI is InChI=1S/C21H25FN4O.HI/c1-14-9-10-16(13-18(14)22)20(27)24-11-12-25-21(23)26-19-8-4-6-15-5-2-3-7-17(15)19;/h4,6,8-10,13H,2-3,5,7,11-12H2,1H3,(H,24,27)(H3,23,25,26);1H. The van der Waals surface area contributed by atoms with Crippen molar-refractivity contribution >= 4 is 41.5 Å². The number of carbonyl (C=O) groups excluding carboxylic acids is 1.